The maximum Gasteiger partial charge on any atom is 0.227 e. The number of aromatic nitrogens is 1. The number of rotatable bonds is 3. The zero-order valence-corrected chi connectivity index (χ0v) is 12.3. The number of carbonyl (C=O) groups excluding carboxylic acids is 1. The third kappa shape index (κ3) is 3.13. The van der Waals surface area contributed by atoms with E-state index in [4.69, 9.17) is 0 Å². The van der Waals surface area contributed by atoms with Crippen LogP contribution in [0.4, 0.5) is 0 Å². The molecule has 1 amide bonds. The van der Waals surface area contributed by atoms with E-state index in [0.29, 0.717) is 6.42 Å². The predicted molar refractivity (Wildman–Crippen MR) is 82.8 cm³/mol. The van der Waals surface area contributed by atoms with Gasteiger partial charge in [0, 0.05) is 12.7 Å². The van der Waals surface area contributed by atoms with E-state index in [0.717, 1.165) is 30.6 Å². The molecule has 3 nitrogen and oxygen atoms in total. The van der Waals surface area contributed by atoms with E-state index in [1.165, 1.54) is 5.56 Å². The largest absolute Gasteiger partial charge is 0.334 e. The fraction of sp³-hybridized carbons (Fsp3) is 0.333. The van der Waals surface area contributed by atoms with E-state index in [9.17, 15) is 4.79 Å². The maximum atomic E-state index is 12.6. The van der Waals surface area contributed by atoms with Crippen LogP contribution in [0.1, 0.15) is 35.7 Å². The molecule has 108 valence electrons. The molecule has 1 fully saturated rings. The van der Waals surface area contributed by atoms with E-state index in [1.54, 1.807) is 6.20 Å². The van der Waals surface area contributed by atoms with Crippen LogP contribution in [0.15, 0.2) is 48.7 Å². The minimum Gasteiger partial charge on any atom is -0.334 e. The second-order valence-corrected chi connectivity index (χ2v) is 5.66. The summed E-state index contributed by atoms with van der Waals surface area (Å²) in [6.07, 6.45) is 4.34. The Bertz CT molecular complexity index is 607. The second-order valence-electron chi connectivity index (χ2n) is 5.66. The fourth-order valence-electron chi connectivity index (χ4n) is 2.93. The van der Waals surface area contributed by atoms with Gasteiger partial charge in [-0.15, -0.1) is 0 Å². The summed E-state index contributed by atoms with van der Waals surface area (Å²) in [6.45, 7) is 2.90. The van der Waals surface area contributed by atoms with Gasteiger partial charge in [-0.2, -0.15) is 0 Å². The average Bonchev–Trinajstić information content (AvgIpc) is 3.00. The number of amides is 1. The first-order valence-electron chi connectivity index (χ1n) is 7.50. The van der Waals surface area contributed by atoms with Gasteiger partial charge in [0.1, 0.15) is 0 Å². The fourth-order valence-corrected chi connectivity index (χ4v) is 2.93. The molecule has 2 aromatic rings. The maximum absolute atomic E-state index is 12.6. The van der Waals surface area contributed by atoms with Gasteiger partial charge in [-0.3, -0.25) is 9.78 Å². The third-order valence-corrected chi connectivity index (χ3v) is 4.08. The topological polar surface area (TPSA) is 33.2 Å². The molecule has 1 aromatic heterocycles. The molecule has 3 heteroatoms. The van der Waals surface area contributed by atoms with Crippen molar-refractivity contribution in [3.63, 3.8) is 0 Å². The lowest BCUT2D eigenvalue weighted by Gasteiger charge is -2.24. The molecule has 0 radical (unpaired) electrons. The Balaban J connectivity index is 1.73. The van der Waals surface area contributed by atoms with Gasteiger partial charge in [0.05, 0.1) is 18.2 Å². The Labute approximate surface area is 125 Å². The molecule has 1 aliphatic heterocycles. The molecule has 1 aromatic carbocycles. The average molecular weight is 280 g/mol. The van der Waals surface area contributed by atoms with Gasteiger partial charge in [-0.05, 0) is 37.5 Å². The van der Waals surface area contributed by atoms with Crippen LogP contribution in [-0.2, 0) is 11.2 Å². The lowest BCUT2D eigenvalue weighted by Crippen LogP contribution is -2.32. The summed E-state index contributed by atoms with van der Waals surface area (Å²) >= 11 is 0. The molecule has 0 aliphatic carbocycles. The van der Waals surface area contributed by atoms with Gasteiger partial charge >= 0.3 is 0 Å². The highest BCUT2D eigenvalue weighted by molar-refractivity contribution is 5.79. The normalized spacial score (nSPS) is 18.0. The van der Waals surface area contributed by atoms with Crippen LogP contribution in [0.2, 0.25) is 0 Å². The number of nitrogens with zero attached hydrogens (tertiary/aromatic N) is 2. The number of hydrogen-bond acceptors (Lipinski definition) is 2. The van der Waals surface area contributed by atoms with Gasteiger partial charge in [0.2, 0.25) is 5.91 Å². The van der Waals surface area contributed by atoms with Crippen LogP contribution in [0, 0.1) is 6.92 Å². The molecule has 0 bridgehead atoms. The summed E-state index contributed by atoms with van der Waals surface area (Å²) in [5.41, 5.74) is 3.31. The number of carbonyl (C=O) groups is 1. The lowest BCUT2D eigenvalue weighted by atomic mass is 10.1. The van der Waals surface area contributed by atoms with Gasteiger partial charge in [0.15, 0.2) is 0 Å². The van der Waals surface area contributed by atoms with Crippen LogP contribution < -0.4 is 0 Å². The highest BCUT2D eigenvalue weighted by atomic mass is 16.2. The van der Waals surface area contributed by atoms with E-state index < -0.39 is 0 Å². The van der Waals surface area contributed by atoms with Crippen LogP contribution in [-0.4, -0.2) is 22.3 Å². The van der Waals surface area contributed by atoms with Crippen LogP contribution in [0.3, 0.4) is 0 Å². The number of likely N-dealkylation sites (tertiary alicyclic amines) is 1. The first kappa shape index (κ1) is 13.8. The summed E-state index contributed by atoms with van der Waals surface area (Å²) in [4.78, 5) is 19.0. The monoisotopic (exact) mass is 280 g/mol. The molecule has 0 N–H and O–H groups in total. The number of pyridine rings is 1. The Morgan fingerprint density at radius 3 is 2.76 bits per heavy atom. The SMILES string of the molecule is Cc1ccc(CC(=O)N2CCCC2c2ccccn2)cc1. The second kappa shape index (κ2) is 6.08. The summed E-state index contributed by atoms with van der Waals surface area (Å²) < 4.78 is 0. The van der Waals surface area contributed by atoms with Crippen molar-refractivity contribution in [2.45, 2.75) is 32.2 Å². The standard InChI is InChI=1S/C18H20N2O/c1-14-7-9-15(10-8-14)13-18(21)20-12-4-6-17(20)16-5-2-3-11-19-16/h2-3,5,7-11,17H,4,6,12-13H2,1H3. The molecule has 3 rings (SSSR count). The van der Waals surface area contributed by atoms with Crippen LogP contribution in [0.25, 0.3) is 0 Å². The molecule has 2 heterocycles. The van der Waals surface area contributed by atoms with Gasteiger partial charge < -0.3 is 4.90 Å². The van der Waals surface area contributed by atoms with Crippen molar-refractivity contribution in [3.05, 3.63) is 65.5 Å². The van der Waals surface area contributed by atoms with Crippen molar-refractivity contribution in [3.8, 4) is 0 Å². The quantitative estimate of drug-likeness (QED) is 0.864. The van der Waals surface area contributed by atoms with Crippen molar-refractivity contribution in [1.82, 2.24) is 9.88 Å². The molecule has 1 saturated heterocycles. The van der Waals surface area contributed by atoms with Gasteiger partial charge in [-0.25, -0.2) is 0 Å². The molecule has 1 atom stereocenters. The van der Waals surface area contributed by atoms with Crippen molar-refractivity contribution >= 4 is 5.91 Å². The third-order valence-electron chi connectivity index (χ3n) is 4.08. The predicted octanol–water partition coefficient (Wildman–Crippen LogP) is 3.30. The molecular weight excluding hydrogens is 260 g/mol. The lowest BCUT2D eigenvalue weighted by molar-refractivity contribution is -0.131. The molecule has 1 aliphatic rings. The molecule has 1 unspecified atom stereocenters. The summed E-state index contributed by atoms with van der Waals surface area (Å²) in [5.74, 6) is 0.201. The molecule has 21 heavy (non-hydrogen) atoms. The van der Waals surface area contributed by atoms with Crippen molar-refractivity contribution in [1.29, 1.82) is 0 Å². The van der Waals surface area contributed by atoms with Crippen LogP contribution >= 0.6 is 0 Å². The van der Waals surface area contributed by atoms with E-state index in [2.05, 4.69) is 24.0 Å². The van der Waals surface area contributed by atoms with Crippen molar-refractivity contribution in [2.24, 2.45) is 0 Å². The van der Waals surface area contributed by atoms with Crippen LogP contribution in [0.5, 0.6) is 0 Å². The van der Waals surface area contributed by atoms with Crippen molar-refractivity contribution < 1.29 is 4.79 Å². The highest BCUT2D eigenvalue weighted by Crippen LogP contribution is 2.31. The van der Waals surface area contributed by atoms with Gasteiger partial charge in [0.25, 0.3) is 0 Å². The first-order chi connectivity index (χ1) is 10.2. The minimum absolute atomic E-state index is 0.143. The van der Waals surface area contributed by atoms with E-state index in [1.807, 2.05) is 35.2 Å². The number of aryl methyl sites for hydroxylation is 1. The summed E-state index contributed by atoms with van der Waals surface area (Å²) in [7, 11) is 0. The Kier molecular flexibility index (Phi) is 4.00. The minimum atomic E-state index is 0.143. The first-order valence-corrected chi connectivity index (χ1v) is 7.50. The molecule has 0 spiro atoms. The number of hydrogen-bond donors (Lipinski definition) is 0. The smallest absolute Gasteiger partial charge is 0.227 e. The van der Waals surface area contributed by atoms with Gasteiger partial charge in [-0.1, -0.05) is 35.9 Å². The molecular formula is C18H20N2O. The zero-order valence-electron chi connectivity index (χ0n) is 12.3. The Morgan fingerprint density at radius 2 is 2.05 bits per heavy atom. The Hall–Kier alpha value is -2.16. The highest BCUT2D eigenvalue weighted by Gasteiger charge is 2.30. The van der Waals surface area contributed by atoms with E-state index >= 15 is 0 Å². The number of benzene rings is 1. The summed E-state index contributed by atoms with van der Waals surface area (Å²) in [5, 5.41) is 0. The zero-order chi connectivity index (χ0) is 14.7. The van der Waals surface area contributed by atoms with E-state index in [-0.39, 0.29) is 11.9 Å². The van der Waals surface area contributed by atoms with Crippen molar-refractivity contribution in [2.75, 3.05) is 6.54 Å². The summed E-state index contributed by atoms with van der Waals surface area (Å²) in [6, 6.07) is 14.3. The molecule has 0 saturated carbocycles. The Morgan fingerprint density at radius 1 is 1.24 bits per heavy atom.